The largest absolute Gasteiger partial charge is 0.494 e. The molecule has 1 aromatic carbocycles. The predicted octanol–water partition coefficient (Wildman–Crippen LogP) is 2.51. The van der Waals surface area contributed by atoms with E-state index in [2.05, 4.69) is 38.2 Å². The van der Waals surface area contributed by atoms with Gasteiger partial charge in [0.1, 0.15) is 0 Å². The molecule has 0 spiro atoms. The zero-order chi connectivity index (χ0) is 14.5. The second-order valence-electron chi connectivity index (χ2n) is 5.97. The quantitative estimate of drug-likeness (QED) is 0.822. The molecular formula is C15H25FN2O. The third-order valence-electron chi connectivity index (χ3n) is 2.89. The van der Waals surface area contributed by atoms with Crippen molar-refractivity contribution in [3.8, 4) is 5.75 Å². The van der Waals surface area contributed by atoms with Gasteiger partial charge in [0.2, 0.25) is 0 Å². The van der Waals surface area contributed by atoms with E-state index >= 15 is 0 Å². The molecule has 0 saturated heterocycles. The Labute approximate surface area is 115 Å². The minimum Gasteiger partial charge on any atom is -0.494 e. The van der Waals surface area contributed by atoms with Gasteiger partial charge in [-0.1, -0.05) is 19.9 Å². The van der Waals surface area contributed by atoms with Crippen LogP contribution in [0.1, 0.15) is 19.4 Å². The van der Waals surface area contributed by atoms with E-state index in [1.165, 1.54) is 13.2 Å². The molecule has 1 rings (SSSR count). The van der Waals surface area contributed by atoms with Crippen molar-refractivity contribution in [2.75, 3.05) is 34.3 Å². The summed E-state index contributed by atoms with van der Waals surface area (Å²) in [6, 6.07) is 5.07. The minimum atomic E-state index is -0.311. The van der Waals surface area contributed by atoms with Crippen LogP contribution in [-0.2, 0) is 6.54 Å². The summed E-state index contributed by atoms with van der Waals surface area (Å²) in [7, 11) is 5.61. The van der Waals surface area contributed by atoms with Gasteiger partial charge in [0.15, 0.2) is 11.6 Å². The van der Waals surface area contributed by atoms with Gasteiger partial charge in [-0.25, -0.2) is 4.39 Å². The Morgan fingerprint density at radius 3 is 2.53 bits per heavy atom. The Bertz CT molecular complexity index is 405. The zero-order valence-electron chi connectivity index (χ0n) is 12.6. The maximum absolute atomic E-state index is 13.5. The Kier molecular flexibility index (Phi) is 5.76. The second kappa shape index (κ2) is 6.87. The summed E-state index contributed by atoms with van der Waals surface area (Å²) >= 11 is 0. The van der Waals surface area contributed by atoms with Crippen LogP contribution in [0.25, 0.3) is 0 Å². The topological polar surface area (TPSA) is 24.5 Å². The average molecular weight is 268 g/mol. The van der Waals surface area contributed by atoms with Crippen LogP contribution in [-0.4, -0.2) is 39.2 Å². The Balaban J connectivity index is 2.47. The van der Waals surface area contributed by atoms with Gasteiger partial charge >= 0.3 is 0 Å². The van der Waals surface area contributed by atoms with Crippen molar-refractivity contribution >= 4 is 0 Å². The molecule has 0 aliphatic carbocycles. The van der Waals surface area contributed by atoms with Crippen LogP contribution in [0.2, 0.25) is 0 Å². The summed E-state index contributed by atoms with van der Waals surface area (Å²) in [6.07, 6.45) is 0. The van der Waals surface area contributed by atoms with Gasteiger partial charge < -0.3 is 15.0 Å². The first-order chi connectivity index (χ1) is 8.84. The van der Waals surface area contributed by atoms with Gasteiger partial charge in [0.25, 0.3) is 0 Å². The van der Waals surface area contributed by atoms with Crippen molar-refractivity contribution < 1.29 is 9.13 Å². The Morgan fingerprint density at radius 1 is 1.32 bits per heavy atom. The van der Waals surface area contributed by atoms with Crippen LogP contribution in [0, 0.1) is 11.2 Å². The summed E-state index contributed by atoms with van der Waals surface area (Å²) in [5, 5.41) is 3.38. The lowest BCUT2D eigenvalue weighted by Gasteiger charge is -2.28. The van der Waals surface area contributed by atoms with E-state index in [0.29, 0.717) is 6.54 Å². The van der Waals surface area contributed by atoms with Crippen LogP contribution >= 0.6 is 0 Å². The smallest absolute Gasteiger partial charge is 0.165 e. The molecule has 0 saturated carbocycles. The molecule has 1 N–H and O–H groups in total. The molecule has 0 atom stereocenters. The number of hydrogen-bond acceptors (Lipinski definition) is 3. The number of benzene rings is 1. The highest BCUT2D eigenvalue weighted by Crippen LogP contribution is 2.18. The minimum absolute atomic E-state index is 0.189. The van der Waals surface area contributed by atoms with Crippen molar-refractivity contribution in [1.29, 1.82) is 0 Å². The Morgan fingerprint density at radius 2 is 2.00 bits per heavy atom. The molecule has 0 amide bonds. The van der Waals surface area contributed by atoms with Crippen LogP contribution in [0.5, 0.6) is 5.75 Å². The highest BCUT2D eigenvalue weighted by atomic mass is 19.1. The lowest BCUT2D eigenvalue weighted by Crippen LogP contribution is -2.37. The number of methoxy groups -OCH3 is 1. The van der Waals surface area contributed by atoms with Crippen LogP contribution < -0.4 is 10.1 Å². The monoisotopic (exact) mass is 268 g/mol. The molecule has 0 radical (unpaired) electrons. The van der Waals surface area contributed by atoms with E-state index in [4.69, 9.17) is 4.74 Å². The molecule has 108 valence electrons. The lowest BCUT2D eigenvalue weighted by molar-refractivity contribution is 0.232. The fourth-order valence-electron chi connectivity index (χ4n) is 2.28. The number of nitrogens with zero attached hydrogens (tertiary/aromatic N) is 1. The van der Waals surface area contributed by atoms with E-state index < -0.39 is 0 Å². The molecule has 0 aliphatic rings. The number of halogens is 1. The van der Waals surface area contributed by atoms with E-state index in [1.807, 2.05) is 6.07 Å². The molecule has 0 bridgehead atoms. The van der Waals surface area contributed by atoms with Gasteiger partial charge in [-0.15, -0.1) is 0 Å². The molecule has 0 unspecified atom stereocenters. The first-order valence-electron chi connectivity index (χ1n) is 6.52. The van der Waals surface area contributed by atoms with E-state index in [9.17, 15) is 4.39 Å². The molecule has 1 aromatic rings. The van der Waals surface area contributed by atoms with Crippen LogP contribution in [0.3, 0.4) is 0 Å². The van der Waals surface area contributed by atoms with Gasteiger partial charge in [0.05, 0.1) is 7.11 Å². The maximum Gasteiger partial charge on any atom is 0.165 e. The van der Waals surface area contributed by atoms with Crippen molar-refractivity contribution in [1.82, 2.24) is 10.2 Å². The summed E-state index contributed by atoms with van der Waals surface area (Å²) in [5.74, 6) is -0.0222. The molecule has 4 heteroatoms. The number of hydrogen-bond donors (Lipinski definition) is 1. The van der Waals surface area contributed by atoms with E-state index in [0.717, 1.165) is 18.7 Å². The molecule has 0 heterocycles. The predicted molar refractivity (Wildman–Crippen MR) is 77.0 cm³/mol. The fraction of sp³-hybridized carbons (Fsp3) is 0.600. The maximum atomic E-state index is 13.5. The van der Waals surface area contributed by atoms with E-state index in [1.54, 1.807) is 6.07 Å². The summed E-state index contributed by atoms with van der Waals surface area (Å²) in [4.78, 5) is 2.18. The summed E-state index contributed by atoms with van der Waals surface area (Å²) < 4.78 is 18.4. The lowest BCUT2D eigenvalue weighted by atomic mass is 9.93. The normalized spacial score (nSPS) is 11.9. The third kappa shape index (κ3) is 5.57. The fourth-order valence-corrected chi connectivity index (χ4v) is 2.28. The highest BCUT2D eigenvalue weighted by molar-refractivity contribution is 5.29. The molecule has 0 aliphatic heterocycles. The molecular weight excluding hydrogens is 243 g/mol. The zero-order valence-corrected chi connectivity index (χ0v) is 12.6. The first-order valence-corrected chi connectivity index (χ1v) is 6.52. The van der Waals surface area contributed by atoms with Gasteiger partial charge in [-0.05, 0) is 37.2 Å². The van der Waals surface area contributed by atoms with Crippen molar-refractivity contribution in [3.63, 3.8) is 0 Å². The number of nitrogens with one attached hydrogen (secondary N) is 1. The molecule has 0 fully saturated rings. The molecule has 3 nitrogen and oxygen atoms in total. The average Bonchev–Trinajstić information content (AvgIpc) is 2.27. The molecule has 19 heavy (non-hydrogen) atoms. The van der Waals surface area contributed by atoms with Crippen molar-refractivity contribution in [3.05, 3.63) is 29.6 Å². The van der Waals surface area contributed by atoms with Crippen LogP contribution in [0.4, 0.5) is 4.39 Å². The summed E-state index contributed by atoms with van der Waals surface area (Å²) in [5.41, 5.74) is 1.12. The van der Waals surface area contributed by atoms with E-state index in [-0.39, 0.29) is 17.0 Å². The number of rotatable bonds is 7. The third-order valence-corrected chi connectivity index (χ3v) is 2.89. The number of ether oxygens (including phenoxy) is 1. The summed E-state index contributed by atoms with van der Waals surface area (Å²) in [6.45, 7) is 7.00. The molecule has 0 aromatic heterocycles. The van der Waals surface area contributed by atoms with Crippen molar-refractivity contribution in [2.24, 2.45) is 5.41 Å². The van der Waals surface area contributed by atoms with Crippen LogP contribution in [0.15, 0.2) is 18.2 Å². The van der Waals surface area contributed by atoms with Gasteiger partial charge in [0, 0.05) is 19.6 Å². The van der Waals surface area contributed by atoms with Gasteiger partial charge in [-0.2, -0.15) is 0 Å². The SMILES string of the molecule is COc1ccc(CNCC(C)(C)CN(C)C)cc1F. The standard InChI is InChI=1S/C15H25FN2O/c1-15(2,11-18(3)4)10-17-9-12-6-7-14(19-5)13(16)8-12/h6-8,17H,9-11H2,1-5H3. The van der Waals surface area contributed by atoms with Gasteiger partial charge in [-0.3, -0.25) is 0 Å². The highest BCUT2D eigenvalue weighted by Gasteiger charge is 2.18. The first kappa shape index (κ1) is 15.9. The Hall–Kier alpha value is -1.13. The van der Waals surface area contributed by atoms with Crippen molar-refractivity contribution in [2.45, 2.75) is 20.4 Å². The second-order valence-corrected chi connectivity index (χ2v) is 5.97.